The standard InChI is InChI=1S/C31H37NO/c1-7-20(3)22-9-12-26-27-13-10-25(19-29(27)31(5,6)28(26)18-22)32(21(4)8-2)24-11-14-30-23(17-24)15-16-33-30/h9-11,13-21,26H,7-8,12H2,1-6H3. The van der Waals surface area contributed by atoms with Gasteiger partial charge in [0.05, 0.1) is 6.26 Å². The molecule has 0 saturated carbocycles. The molecule has 0 amide bonds. The van der Waals surface area contributed by atoms with Crippen LogP contribution < -0.4 is 4.90 Å². The lowest BCUT2D eigenvalue weighted by Gasteiger charge is -2.32. The van der Waals surface area contributed by atoms with Crippen LogP contribution in [0.2, 0.25) is 0 Å². The molecule has 0 aliphatic heterocycles. The number of hydrogen-bond donors (Lipinski definition) is 0. The summed E-state index contributed by atoms with van der Waals surface area (Å²) in [6.45, 7) is 14.1. The zero-order valence-electron chi connectivity index (χ0n) is 21.0. The molecule has 1 aromatic heterocycles. The fourth-order valence-electron chi connectivity index (χ4n) is 5.85. The van der Waals surface area contributed by atoms with Crippen molar-refractivity contribution in [2.45, 2.75) is 78.2 Å². The molecule has 0 saturated heterocycles. The summed E-state index contributed by atoms with van der Waals surface area (Å²) < 4.78 is 5.59. The number of rotatable bonds is 6. The van der Waals surface area contributed by atoms with Gasteiger partial charge in [0.15, 0.2) is 0 Å². The number of fused-ring (bicyclic) bond motifs is 4. The van der Waals surface area contributed by atoms with Crippen LogP contribution in [0.15, 0.2) is 76.4 Å². The third-order valence-corrected chi connectivity index (χ3v) is 8.30. The van der Waals surface area contributed by atoms with Gasteiger partial charge in [0.1, 0.15) is 5.58 Å². The van der Waals surface area contributed by atoms with Crippen LogP contribution >= 0.6 is 0 Å². The van der Waals surface area contributed by atoms with E-state index in [4.69, 9.17) is 4.42 Å². The molecule has 1 heterocycles. The van der Waals surface area contributed by atoms with Gasteiger partial charge in [-0.15, -0.1) is 0 Å². The minimum atomic E-state index is 0.0542. The Bertz CT molecular complexity index is 1240. The molecule has 33 heavy (non-hydrogen) atoms. The number of furan rings is 1. The molecule has 3 unspecified atom stereocenters. The van der Waals surface area contributed by atoms with Crippen LogP contribution in [0.5, 0.6) is 0 Å². The minimum absolute atomic E-state index is 0.0542. The first-order valence-electron chi connectivity index (χ1n) is 12.7. The zero-order chi connectivity index (χ0) is 23.3. The van der Waals surface area contributed by atoms with Crippen LogP contribution in [-0.2, 0) is 5.41 Å². The number of nitrogens with zero attached hydrogens (tertiary/aromatic N) is 1. The van der Waals surface area contributed by atoms with Gasteiger partial charge in [-0.25, -0.2) is 0 Å². The molecule has 2 nitrogen and oxygen atoms in total. The summed E-state index contributed by atoms with van der Waals surface area (Å²) in [6.07, 6.45) is 10.2. The van der Waals surface area contributed by atoms with Crippen molar-refractivity contribution in [2.75, 3.05) is 4.90 Å². The molecule has 0 bridgehead atoms. The smallest absolute Gasteiger partial charge is 0.133 e. The van der Waals surface area contributed by atoms with E-state index >= 15 is 0 Å². The molecule has 0 spiro atoms. The maximum Gasteiger partial charge on any atom is 0.133 e. The minimum Gasteiger partial charge on any atom is -0.464 e. The van der Waals surface area contributed by atoms with Gasteiger partial charge < -0.3 is 9.32 Å². The SMILES string of the molecule is CCC(C)C1=CCC2C(=C1)C(C)(C)c1cc(N(c3ccc4occc4c3)C(C)CC)ccc12. The molecule has 172 valence electrons. The van der Waals surface area contributed by atoms with Crippen molar-refractivity contribution in [1.29, 1.82) is 0 Å². The Morgan fingerprint density at radius 3 is 2.52 bits per heavy atom. The molecular formula is C31H37NO. The van der Waals surface area contributed by atoms with Gasteiger partial charge in [-0.2, -0.15) is 0 Å². The Morgan fingerprint density at radius 2 is 1.76 bits per heavy atom. The van der Waals surface area contributed by atoms with Crippen molar-refractivity contribution < 1.29 is 4.42 Å². The largest absolute Gasteiger partial charge is 0.464 e. The lowest BCUT2D eigenvalue weighted by atomic mass is 9.76. The third kappa shape index (κ3) is 3.55. The highest BCUT2D eigenvalue weighted by Gasteiger charge is 2.42. The topological polar surface area (TPSA) is 16.4 Å². The molecule has 2 aliphatic carbocycles. The van der Waals surface area contributed by atoms with E-state index in [0.717, 1.165) is 23.8 Å². The van der Waals surface area contributed by atoms with E-state index in [0.29, 0.717) is 17.9 Å². The number of allylic oxidation sites excluding steroid dienone is 4. The monoisotopic (exact) mass is 439 g/mol. The van der Waals surface area contributed by atoms with Crippen molar-refractivity contribution >= 4 is 22.3 Å². The van der Waals surface area contributed by atoms with E-state index < -0.39 is 0 Å². The predicted octanol–water partition coefficient (Wildman–Crippen LogP) is 9.05. The zero-order valence-corrected chi connectivity index (χ0v) is 21.0. The second kappa shape index (κ2) is 8.24. The fraction of sp³-hybridized carbons (Fsp3) is 0.419. The molecule has 5 rings (SSSR count). The van der Waals surface area contributed by atoms with Crippen molar-refractivity contribution in [3.05, 3.63) is 83.2 Å². The van der Waals surface area contributed by atoms with E-state index in [1.165, 1.54) is 34.5 Å². The molecule has 2 aromatic carbocycles. The quantitative estimate of drug-likeness (QED) is 0.381. The fourth-order valence-corrected chi connectivity index (χ4v) is 5.85. The van der Waals surface area contributed by atoms with E-state index in [2.05, 4.69) is 101 Å². The average molecular weight is 440 g/mol. The summed E-state index contributed by atoms with van der Waals surface area (Å²) in [6, 6.07) is 16.2. The lowest BCUT2D eigenvalue weighted by molar-refractivity contribution is 0.593. The first kappa shape index (κ1) is 22.1. The van der Waals surface area contributed by atoms with Gasteiger partial charge in [-0.1, -0.05) is 58.4 Å². The van der Waals surface area contributed by atoms with Crippen LogP contribution in [-0.4, -0.2) is 6.04 Å². The highest BCUT2D eigenvalue weighted by molar-refractivity contribution is 5.83. The second-order valence-corrected chi connectivity index (χ2v) is 10.6. The van der Waals surface area contributed by atoms with Gasteiger partial charge in [-0.05, 0) is 85.2 Å². The van der Waals surface area contributed by atoms with Crippen molar-refractivity contribution in [3.63, 3.8) is 0 Å². The van der Waals surface area contributed by atoms with Gasteiger partial charge in [0, 0.05) is 34.1 Å². The maximum atomic E-state index is 5.59. The Balaban J connectivity index is 1.58. The highest BCUT2D eigenvalue weighted by atomic mass is 16.3. The summed E-state index contributed by atoms with van der Waals surface area (Å²) in [5.74, 6) is 1.16. The number of benzene rings is 2. The van der Waals surface area contributed by atoms with Crippen molar-refractivity contribution in [2.24, 2.45) is 5.92 Å². The van der Waals surface area contributed by atoms with E-state index in [1.807, 2.05) is 0 Å². The molecule has 2 aliphatic rings. The lowest BCUT2D eigenvalue weighted by Crippen LogP contribution is -2.28. The van der Waals surface area contributed by atoms with Gasteiger partial charge in [-0.3, -0.25) is 0 Å². The molecule has 3 atom stereocenters. The summed E-state index contributed by atoms with van der Waals surface area (Å²) in [4.78, 5) is 2.50. The normalized spacial score (nSPS) is 20.6. The van der Waals surface area contributed by atoms with Crippen LogP contribution in [0.25, 0.3) is 11.0 Å². The van der Waals surface area contributed by atoms with Gasteiger partial charge in [0.25, 0.3) is 0 Å². The maximum absolute atomic E-state index is 5.59. The summed E-state index contributed by atoms with van der Waals surface area (Å²) in [5, 5.41) is 1.15. The Hall–Kier alpha value is -2.74. The molecule has 0 radical (unpaired) electrons. The highest BCUT2D eigenvalue weighted by Crippen LogP contribution is 2.55. The first-order valence-corrected chi connectivity index (χ1v) is 12.7. The van der Waals surface area contributed by atoms with Crippen LogP contribution in [0.3, 0.4) is 0 Å². The molecule has 0 fully saturated rings. The molecule has 3 aromatic rings. The molecule has 2 heteroatoms. The summed E-state index contributed by atoms with van der Waals surface area (Å²) in [5.41, 5.74) is 9.65. The summed E-state index contributed by atoms with van der Waals surface area (Å²) >= 11 is 0. The number of hydrogen-bond acceptors (Lipinski definition) is 2. The Labute approximate surface area is 199 Å². The number of anilines is 2. The van der Waals surface area contributed by atoms with Gasteiger partial charge >= 0.3 is 0 Å². The summed E-state index contributed by atoms with van der Waals surface area (Å²) in [7, 11) is 0. The van der Waals surface area contributed by atoms with Crippen molar-refractivity contribution in [1.82, 2.24) is 0 Å². The average Bonchev–Trinajstić information content (AvgIpc) is 3.39. The van der Waals surface area contributed by atoms with Crippen LogP contribution in [0.1, 0.15) is 77.8 Å². The van der Waals surface area contributed by atoms with Crippen molar-refractivity contribution in [3.8, 4) is 0 Å². The van der Waals surface area contributed by atoms with Crippen LogP contribution in [0, 0.1) is 5.92 Å². The Kier molecular flexibility index (Phi) is 5.51. The second-order valence-electron chi connectivity index (χ2n) is 10.6. The van der Waals surface area contributed by atoms with Crippen LogP contribution in [0.4, 0.5) is 11.4 Å². The predicted molar refractivity (Wildman–Crippen MR) is 141 cm³/mol. The van der Waals surface area contributed by atoms with E-state index in [1.54, 1.807) is 11.8 Å². The van der Waals surface area contributed by atoms with Gasteiger partial charge in [0.2, 0.25) is 0 Å². The Morgan fingerprint density at radius 1 is 1.00 bits per heavy atom. The van der Waals surface area contributed by atoms with E-state index in [9.17, 15) is 0 Å². The third-order valence-electron chi connectivity index (χ3n) is 8.30. The van der Waals surface area contributed by atoms with E-state index in [-0.39, 0.29) is 5.41 Å². The molecular weight excluding hydrogens is 402 g/mol. The first-order chi connectivity index (χ1) is 15.8. The molecule has 0 N–H and O–H groups in total.